The summed E-state index contributed by atoms with van der Waals surface area (Å²) in [6.07, 6.45) is 5.82. The lowest BCUT2D eigenvalue weighted by Gasteiger charge is -2.35. The smallest absolute Gasteiger partial charge is 0.319 e. The van der Waals surface area contributed by atoms with Gasteiger partial charge in [0, 0.05) is 6.42 Å². The van der Waals surface area contributed by atoms with Crippen molar-refractivity contribution in [3.8, 4) is 0 Å². The Labute approximate surface area is 110 Å². The Morgan fingerprint density at radius 2 is 1.94 bits per heavy atom. The standard InChI is InChI=1S/C15H26O3/c1-4-12(5-2)11-15(14(17)18-6-3)10-8-7-9-13(15)16/h12H,4-11H2,1-3H3. The van der Waals surface area contributed by atoms with Crippen molar-refractivity contribution in [3.05, 3.63) is 0 Å². The fourth-order valence-electron chi connectivity index (χ4n) is 2.95. The van der Waals surface area contributed by atoms with E-state index < -0.39 is 5.41 Å². The molecule has 1 atom stereocenters. The van der Waals surface area contributed by atoms with Gasteiger partial charge < -0.3 is 4.74 Å². The van der Waals surface area contributed by atoms with Crippen molar-refractivity contribution in [2.75, 3.05) is 6.61 Å². The summed E-state index contributed by atoms with van der Waals surface area (Å²) in [5.74, 6) is 0.275. The average molecular weight is 254 g/mol. The molecule has 104 valence electrons. The largest absolute Gasteiger partial charge is 0.465 e. The van der Waals surface area contributed by atoms with Crippen LogP contribution in [0.5, 0.6) is 0 Å². The van der Waals surface area contributed by atoms with Gasteiger partial charge in [0.05, 0.1) is 6.61 Å². The maximum Gasteiger partial charge on any atom is 0.319 e. The summed E-state index contributed by atoms with van der Waals surface area (Å²) in [7, 11) is 0. The van der Waals surface area contributed by atoms with Crippen LogP contribution in [0.1, 0.15) is 65.7 Å². The highest BCUT2D eigenvalue weighted by atomic mass is 16.5. The second-order valence-corrected chi connectivity index (χ2v) is 5.32. The Kier molecular flexibility index (Phi) is 5.83. The molecule has 0 aromatic heterocycles. The average Bonchev–Trinajstić information content (AvgIpc) is 2.38. The number of hydrogen-bond donors (Lipinski definition) is 0. The molecular weight excluding hydrogens is 228 g/mol. The number of carbonyl (C=O) groups excluding carboxylic acids is 2. The molecule has 0 saturated heterocycles. The third-order valence-corrected chi connectivity index (χ3v) is 4.25. The highest BCUT2D eigenvalue weighted by Crippen LogP contribution is 2.41. The molecule has 1 rings (SSSR count). The number of hydrogen-bond acceptors (Lipinski definition) is 3. The van der Waals surface area contributed by atoms with Crippen molar-refractivity contribution < 1.29 is 14.3 Å². The molecule has 0 bridgehead atoms. The quantitative estimate of drug-likeness (QED) is 0.538. The van der Waals surface area contributed by atoms with E-state index in [0.717, 1.165) is 25.7 Å². The first-order valence-electron chi connectivity index (χ1n) is 7.31. The van der Waals surface area contributed by atoms with E-state index in [1.807, 2.05) is 0 Å². The summed E-state index contributed by atoms with van der Waals surface area (Å²) >= 11 is 0. The summed E-state index contributed by atoms with van der Waals surface area (Å²) < 4.78 is 5.19. The van der Waals surface area contributed by atoms with Crippen LogP contribution in [0, 0.1) is 11.3 Å². The maximum absolute atomic E-state index is 12.3. The third-order valence-electron chi connectivity index (χ3n) is 4.25. The van der Waals surface area contributed by atoms with Gasteiger partial charge in [-0.05, 0) is 32.1 Å². The zero-order valence-corrected chi connectivity index (χ0v) is 12.0. The Morgan fingerprint density at radius 1 is 1.28 bits per heavy atom. The lowest BCUT2D eigenvalue weighted by Crippen LogP contribution is -2.44. The minimum atomic E-state index is -0.828. The van der Waals surface area contributed by atoms with Gasteiger partial charge in [0.1, 0.15) is 11.2 Å². The van der Waals surface area contributed by atoms with Crippen LogP contribution in [0.2, 0.25) is 0 Å². The first kappa shape index (κ1) is 15.2. The van der Waals surface area contributed by atoms with E-state index in [2.05, 4.69) is 13.8 Å². The van der Waals surface area contributed by atoms with Crippen LogP contribution in [0.3, 0.4) is 0 Å². The number of carbonyl (C=O) groups is 2. The summed E-state index contributed by atoms with van der Waals surface area (Å²) in [4.78, 5) is 24.6. The van der Waals surface area contributed by atoms with E-state index >= 15 is 0 Å². The molecule has 3 nitrogen and oxygen atoms in total. The molecule has 1 fully saturated rings. The van der Waals surface area contributed by atoms with Gasteiger partial charge in [-0.3, -0.25) is 9.59 Å². The molecule has 0 aromatic rings. The monoisotopic (exact) mass is 254 g/mol. The van der Waals surface area contributed by atoms with Crippen LogP contribution >= 0.6 is 0 Å². The molecule has 3 heteroatoms. The Morgan fingerprint density at radius 3 is 2.44 bits per heavy atom. The Hall–Kier alpha value is -0.860. The predicted molar refractivity (Wildman–Crippen MR) is 71.2 cm³/mol. The van der Waals surface area contributed by atoms with Crippen molar-refractivity contribution in [2.24, 2.45) is 11.3 Å². The van der Waals surface area contributed by atoms with E-state index in [4.69, 9.17) is 4.74 Å². The van der Waals surface area contributed by atoms with Crippen LogP contribution in [-0.2, 0) is 14.3 Å². The molecule has 0 amide bonds. The SMILES string of the molecule is CCOC(=O)C1(CC(CC)CC)CCCCC1=O. The minimum Gasteiger partial charge on any atom is -0.465 e. The lowest BCUT2D eigenvalue weighted by atomic mass is 9.67. The Balaban J connectivity index is 2.92. The molecule has 0 N–H and O–H groups in total. The van der Waals surface area contributed by atoms with Gasteiger partial charge in [-0.2, -0.15) is 0 Å². The normalized spacial score (nSPS) is 24.3. The van der Waals surface area contributed by atoms with Crippen LogP contribution < -0.4 is 0 Å². The van der Waals surface area contributed by atoms with Gasteiger partial charge in [0.25, 0.3) is 0 Å². The van der Waals surface area contributed by atoms with Crippen LogP contribution in [0.15, 0.2) is 0 Å². The summed E-state index contributed by atoms with van der Waals surface area (Å²) in [6, 6.07) is 0. The first-order chi connectivity index (χ1) is 8.60. The first-order valence-corrected chi connectivity index (χ1v) is 7.31. The fraction of sp³-hybridized carbons (Fsp3) is 0.867. The van der Waals surface area contributed by atoms with Crippen molar-refractivity contribution in [1.82, 2.24) is 0 Å². The van der Waals surface area contributed by atoms with E-state index in [1.165, 1.54) is 0 Å². The van der Waals surface area contributed by atoms with Crippen molar-refractivity contribution in [2.45, 2.75) is 65.7 Å². The molecule has 1 saturated carbocycles. The van der Waals surface area contributed by atoms with E-state index in [-0.39, 0.29) is 11.8 Å². The fourth-order valence-corrected chi connectivity index (χ4v) is 2.95. The summed E-state index contributed by atoms with van der Waals surface area (Å²) in [5.41, 5.74) is -0.828. The molecule has 1 aliphatic carbocycles. The van der Waals surface area contributed by atoms with E-state index in [1.54, 1.807) is 6.92 Å². The summed E-state index contributed by atoms with van der Waals surface area (Å²) in [5, 5.41) is 0. The molecule has 0 aliphatic heterocycles. The van der Waals surface area contributed by atoms with Crippen LogP contribution in [-0.4, -0.2) is 18.4 Å². The number of esters is 1. The number of ether oxygens (including phenoxy) is 1. The zero-order valence-electron chi connectivity index (χ0n) is 12.0. The molecule has 1 aliphatic rings. The van der Waals surface area contributed by atoms with Crippen molar-refractivity contribution in [3.63, 3.8) is 0 Å². The second kappa shape index (κ2) is 6.91. The Bertz CT molecular complexity index is 294. The molecule has 0 aromatic carbocycles. The molecule has 0 radical (unpaired) electrons. The van der Waals surface area contributed by atoms with Gasteiger partial charge in [-0.1, -0.05) is 33.1 Å². The van der Waals surface area contributed by atoms with Gasteiger partial charge in [0.2, 0.25) is 0 Å². The van der Waals surface area contributed by atoms with Crippen molar-refractivity contribution >= 4 is 11.8 Å². The maximum atomic E-state index is 12.3. The number of ketones is 1. The lowest BCUT2D eigenvalue weighted by molar-refractivity contribution is -0.163. The number of Topliss-reactive ketones (excluding diaryl/α,β-unsaturated/α-hetero) is 1. The highest BCUT2D eigenvalue weighted by Gasteiger charge is 2.48. The van der Waals surface area contributed by atoms with Crippen LogP contribution in [0.4, 0.5) is 0 Å². The van der Waals surface area contributed by atoms with Gasteiger partial charge in [-0.15, -0.1) is 0 Å². The second-order valence-electron chi connectivity index (χ2n) is 5.32. The predicted octanol–water partition coefficient (Wildman–Crippen LogP) is 3.51. The molecule has 18 heavy (non-hydrogen) atoms. The zero-order chi connectivity index (χ0) is 13.6. The molecule has 0 spiro atoms. The minimum absolute atomic E-state index is 0.110. The molecule has 1 unspecified atom stereocenters. The summed E-state index contributed by atoms with van der Waals surface area (Å²) in [6.45, 7) is 6.41. The molecule has 0 heterocycles. The van der Waals surface area contributed by atoms with Crippen molar-refractivity contribution in [1.29, 1.82) is 0 Å². The van der Waals surface area contributed by atoms with Gasteiger partial charge in [0.15, 0.2) is 0 Å². The van der Waals surface area contributed by atoms with Crippen LogP contribution in [0.25, 0.3) is 0 Å². The van der Waals surface area contributed by atoms with E-state index in [9.17, 15) is 9.59 Å². The topological polar surface area (TPSA) is 43.4 Å². The number of rotatable bonds is 6. The third kappa shape index (κ3) is 3.12. The van der Waals surface area contributed by atoms with E-state index in [0.29, 0.717) is 31.8 Å². The molecular formula is C15H26O3. The highest BCUT2D eigenvalue weighted by molar-refractivity contribution is 6.04. The van der Waals surface area contributed by atoms with Gasteiger partial charge in [-0.25, -0.2) is 0 Å². The van der Waals surface area contributed by atoms with Gasteiger partial charge >= 0.3 is 5.97 Å².